The molecule has 5 heteroatoms. The number of hydroxylamine groups is 1. The number of aromatic hydroxyl groups is 1. The number of carbonyl (C=O) groups excluding carboxylic acids is 1. The number of ketones is 1. The second-order valence-electron chi connectivity index (χ2n) is 4.26. The number of carbonyl (C=O) groups is 1. The van der Waals surface area contributed by atoms with Crippen LogP contribution >= 0.6 is 0 Å². The molecule has 1 aliphatic rings. The van der Waals surface area contributed by atoms with E-state index in [0.717, 1.165) is 0 Å². The second-order valence-corrected chi connectivity index (χ2v) is 4.26. The van der Waals surface area contributed by atoms with Gasteiger partial charge in [-0.25, -0.2) is 4.39 Å². The summed E-state index contributed by atoms with van der Waals surface area (Å²) in [6.45, 7) is 1.51. The van der Waals surface area contributed by atoms with E-state index in [4.69, 9.17) is 9.94 Å². The van der Waals surface area contributed by atoms with Crippen molar-refractivity contribution in [3.05, 3.63) is 29.6 Å². The van der Waals surface area contributed by atoms with Crippen molar-refractivity contribution < 1.29 is 19.1 Å². The minimum atomic E-state index is -0.653. The van der Waals surface area contributed by atoms with Crippen molar-refractivity contribution in [1.82, 2.24) is 5.48 Å². The molecule has 4 nitrogen and oxygen atoms in total. The quantitative estimate of drug-likeness (QED) is 0.845. The Balaban J connectivity index is 2.04. The highest BCUT2D eigenvalue weighted by Crippen LogP contribution is 2.29. The topological polar surface area (TPSA) is 58.6 Å². The summed E-state index contributed by atoms with van der Waals surface area (Å²) >= 11 is 0. The lowest BCUT2D eigenvalue weighted by Crippen LogP contribution is -2.13. The highest BCUT2D eigenvalue weighted by atomic mass is 19.1. The number of halogens is 1. The molecule has 0 aromatic heterocycles. The third-order valence-electron chi connectivity index (χ3n) is 2.76. The zero-order valence-electron chi connectivity index (χ0n) is 9.44. The average Bonchev–Trinajstić information content (AvgIpc) is 2.69. The number of nitrogens with one attached hydrogen (secondary N) is 1. The molecule has 0 aliphatic carbocycles. The second kappa shape index (κ2) is 4.81. The Labute approximate surface area is 98.4 Å². The minimum Gasteiger partial charge on any atom is -0.505 e. The van der Waals surface area contributed by atoms with Gasteiger partial charge in [-0.3, -0.25) is 9.63 Å². The number of phenolic OH excluding ortho intramolecular Hbond substituents is 1. The van der Waals surface area contributed by atoms with Gasteiger partial charge in [0.2, 0.25) is 0 Å². The van der Waals surface area contributed by atoms with Crippen molar-refractivity contribution in [2.45, 2.75) is 31.9 Å². The number of hydrogen-bond donors (Lipinski definition) is 2. The first-order valence-electron chi connectivity index (χ1n) is 5.45. The monoisotopic (exact) mass is 239 g/mol. The number of rotatable bonds is 3. The largest absolute Gasteiger partial charge is 0.505 e. The fourth-order valence-electron chi connectivity index (χ4n) is 1.93. The van der Waals surface area contributed by atoms with Crippen molar-refractivity contribution in [3.8, 4) is 5.75 Å². The van der Waals surface area contributed by atoms with Gasteiger partial charge in [0.15, 0.2) is 11.6 Å². The molecule has 1 aromatic carbocycles. The molecule has 1 heterocycles. The van der Waals surface area contributed by atoms with Gasteiger partial charge in [-0.1, -0.05) is 6.07 Å². The predicted octanol–water partition coefficient (Wildman–Crippen LogP) is 1.84. The van der Waals surface area contributed by atoms with Gasteiger partial charge >= 0.3 is 0 Å². The van der Waals surface area contributed by atoms with E-state index < -0.39 is 5.82 Å². The van der Waals surface area contributed by atoms with Crippen LogP contribution in [-0.4, -0.2) is 17.0 Å². The highest BCUT2D eigenvalue weighted by molar-refractivity contribution is 5.76. The maximum absolute atomic E-state index is 13.2. The third-order valence-corrected chi connectivity index (χ3v) is 2.76. The Hall–Kier alpha value is -1.46. The summed E-state index contributed by atoms with van der Waals surface area (Å²) < 4.78 is 13.2. The molecular weight excluding hydrogens is 225 g/mol. The molecule has 92 valence electrons. The zero-order chi connectivity index (χ0) is 12.4. The zero-order valence-corrected chi connectivity index (χ0v) is 9.44. The van der Waals surface area contributed by atoms with Crippen LogP contribution in [0.15, 0.2) is 18.2 Å². The van der Waals surface area contributed by atoms with Crippen LogP contribution in [0.3, 0.4) is 0 Å². The Bertz CT molecular complexity index is 436. The maximum atomic E-state index is 13.2. The van der Waals surface area contributed by atoms with Crippen molar-refractivity contribution in [1.29, 1.82) is 0 Å². The summed E-state index contributed by atoms with van der Waals surface area (Å²) in [7, 11) is 0. The van der Waals surface area contributed by atoms with Crippen LogP contribution in [-0.2, 0) is 9.63 Å². The molecule has 1 aromatic rings. The van der Waals surface area contributed by atoms with Gasteiger partial charge in [0.1, 0.15) is 5.78 Å². The van der Waals surface area contributed by atoms with Gasteiger partial charge in [-0.2, -0.15) is 5.48 Å². The highest BCUT2D eigenvalue weighted by Gasteiger charge is 2.27. The number of benzene rings is 1. The van der Waals surface area contributed by atoms with Crippen LogP contribution in [0.5, 0.6) is 5.75 Å². The van der Waals surface area contributed by atoms with E-state index in [1.807, 2.05) is 0 Å². The predicted molar refractivity (Wildman–Crippen MR) is 58.7 cm³/mol. The smallest absolute Gasteiger partial charge is 0.165 e. The molecule has 17 heavy (non-hydrogen) atoms. The van der Waals surface area contributed by atoms with Gasteiger partial charge in [0.25, 0.3) is 0 Å². The van der Waals surface area contributed by atoms with E-state index in [-0.39, 0.29) is 23.7 Å². The fraction of sp³-hybridized carbons (Fsp3) is 0.417. The molecule has 2 rings (SSSR count). The van der Waals surface area contributed by atoms with Gasteiger partial charge in [-0.05, 0) is 31.0 Å². The average molecular weight is 239 g/mol. The van der Waals surface area contributed by atoms with E-state index in [0.29, 0.717) is 18.4 Å². The molecule has 2 N–H and O–H groups in total. The Kier molecular flexibility index (Phi) is 3.40. The number of hydrogen-bond acceptors (Lipinski definition) is 4. The molecule has 1 unspecified atom stereocenters. The molecule has 0 radical (unpaired) electrons. The lowest BCUT2D eigenvalue weighted by atomic mass is 10.00. The Morgan fingerprint density at radius 1 is 1.65 bits per heavy atom. The summed E-state index contributed by atoms with van der Waals surface area (Å²) in [4.78, 5) is 16.2. The lowest BCUT2D eigenvalue weighted by molar-refractivity contribution is -0.119. The molecule has 0 saturated carbocycles. The van der Waals surface area contributed by atoms with Crippen molar-refractivity contribution in [3.63, 3.8) is 0 Å². The summed E-state index contributed by atoms with van der Waals surface area (Å²) in [6.07, 6.45) is 0.794. The lowest BCUT2D eigenvalue weighted by Gasteiger charge is -2.08. The van der Waals surface area contributed by atoms with E-state index in [1.54, 1.807) is 6.07 Å². The molecule has 1 aliphatic heterocycles. The van der Waals surface area contributed by atoms with Crippen molar-refractivity contribution in [2.75, 3.05) is 0 Å². The standard InChI is InChI=1S/C12H14FNO3/c1-7(15)4-9-6-11(14-17-9)8-2-3-12(16)10(13)5-8/h2-3,5,9,11,14,16H,4,6H2,1H3/t9-,11?/m1/s1. The Morgan fingerprint density at radius 2 is 2.41 bits per heavy atom. The van der Waals surface area contributed by atoms with E-state index in [2.05, 4.69) is 5.48 Å². The first-order valence-corrected chi connectivity index (χ1v) is 5.45. The third kappa shape index (κ3) is 2.81. The maximum Gasteiger partial charge on any atom is 0.165 e. The molecular formula is C12H14FNO3. The van der Waals surface area contributed by atoms with E-state index in [9.17, 15) is 9.18 Å². The van der Waals surface area contributed by atoms with Crippen LogP contribution in [0.4, 0.5) is 4.39 Å². The van der Waals surface area contributed by atoms with Gasteiger partial charge in [0.05, 0.1) is 12.1 Å². The van der Waals surface area contributed by atoms with Crippen molar-refractivity contribution in [2.24, 2.45) is 0 Å². The molecule has 0 bridgehead atoms. The summed E-state index contributed by atoms with van der Waals surface area (Å²) in [5, 5.41) is 9.09. The fourth-order valence-corrected chi connectivity index (χ4v) is 1.93. The summed E-state index contributed by atoms with van der Waals surface area (Å²) in [5.74, 6) is -0.957. The molecule has 1 saturated heterocycles. The minimum absolute atomic E-state index is 0.0642. The normalized spacial score (nSPS) is 23.9. The molecule has 2 atom stereocenters. The van der Waals surface area contributed by atoms with Crippen LogP contribution in [0.2, 0.25) is 0 Å². The first-order chi connectivity index (χ1) is 8.06. The van der Waals surface area contributed by atoms with Crippen LogP contribution in [0.1, 0.15) is 31.4 Å². The van der Waals surface area contributed by atoms with Gasteiger partial charge in [0, 0.05) is 6.42 Å². The number of Topliss-reactive ketones (excluding diaryl/α,β-unsaturated/α-hetero) is 1. The molecule has 0 spiro atoms. The number of phenols is 1. The first kappa shape index (κ1) is 12.0. The van der Waals surface area contributed by atoms with Gasteiger partial charge < -0.3 is 5.11 Å². The van der Waals surface area contributed by atoms with Crippen molar-refractivity contribution >= 4 is 5.78 Å². The summed E-state index contributed by atoms with van der Waals surface area (Å²) in [6, 6.07) is 4.07. The molecule has 0 amide bonds. The van der Waals surface area contributed by atoms with Crippen LogP contribution in [0, 0.1) is 5.82 Å². The van der Waals surface area contributed by atoms with Gasteiger partial charge in [-0.15, -0.1) is 0 Å². The van der Waals surface area contributed by atoms with Crippen LogP contribution < -0.4 is 5.48 Å². The SMILES string of the molecule is CC(=O)C[C@@H]1CC(c2ccc(O)c(F)c2)NO1. The Morgan fingerprint density at radius 3 is 3.06 bits per heavy atom. The van der Waals surface area contributed by atoms with Crippen LogP contribution in [0.25, 0.3) is 0 Å². The van der Waals surface area contributed by atoms with E-state index in [1.165, 1.54) is 19.1 Å². The summed E-state index contributed by atoms with van der Waals surface area (Å²) in [5.41, 5.74) is 3.47. The van der Waals surface area contributed by atoms with E-state index >= 15 is 0 Å². The molecule has 1 fully saturated rings.